The molecule has 2 aromatic rings. The SMILES string of the molecule is Cc1ccc(C(F)(F)F)c(CN2CC3(CC(Oc4cccc([C@@H](CC(=O)O)C5CC5)c4)C3)C2)c1. The molecule has 1 aliphatic heterocycles. The van der Waals surface area contributed by atoms with Gasteiger partial charge in [-0.1, -0.05) is 29.8 Å². The quantitative estimate of drug-likeness (QED) is 0.509. The van der Waals surface area contributed by atoms with Crippen molar-refractivity contribution in [2.45, 2.75) is 63.8 Å². The number of carboxylic acids is 1. The minimum absolute atomic E-state index is 0.0391. The van der Waals surface area contributed by atoms with E-state index in [0.29, 0.717) is 18.0 Å². The number of benzene rings is 2. The fourth-order valence-corrected chi connectivity index (χ4v) is 5.89. The van der Waals surface area contributed by atoms with Crippen LogP contribution in [0, 0.1) is 18.3 Å². The number of aryl methyl sites for hydroxylation is 1. The molecule has 3 aliphatic rings. The van der Waals surface area contributed by atoms with E-state index in [1.165, 1.54) is 12.1 Å². The molecule has 0 aromatic heterocycles. The molecule has 2 saturated carbocycles. The number of halogens is 3. The third-order valence-corrected chi connectivity index (χ3v) is 7.57. The lowest BCUT2D eigenvalue weighted by molar-refractivity contribution is -0.141. The molecule has 0 bridgehead atoms. The molecule has 2 aliphatic carbocycles. The number of likely N-dealkylation sites (tertiary alicyclic amines) is 1. The second kappa shape index (κ2) is 8.59. The molecule has 1 heterocycles. The van der Waals surface area contributed by atoms with Crippen LogP contribution in [0.1, 0.15) is 60.3 Å². The van der Waals surface area contributed by atoms with Crippen LogP contribution in [0.4, 0.5) is 13.2 Å². The maximum absolute atomic E-state index is 13.4. The summed E-state index contributed by atoms with van der Waals surface area (Å²) in [6.07, 6.45) is -0.133. The summed E-state index contributed by atoms with van der Waals surface area (Å²) < 4.78 is 46.3. The Kier molecular flexibility index (Phi) is 5.87. The first-order valence-electron chi connectivity index (χ1n) is 12.0. The summed E-state index contributed by atoms with van der Waals surface area (Å²) >= 11 is 0. The van der Waals surface area contributed by atoms with Crippen LogP contribution >= 0.6 is 0 Å². The summed E-state index contributed by atoms with van der Waals surface area (Å²) in [6, 6.07) is 12.2. The van der Waals surface area contributed by atoms with Crippen molar-refractivity contribution in [3.8, 4) is 5.75 Å². The van der Waals surface area contributed by atoms with Crippen LogP contribution in [0.3, 0.4) is 0 Å². The van der Waals surface area contributed by atoms with Crippen LogP contribution in [0.15, 0.2) is 42.5 Å². The van der Waals surface area contributed by atoms with Crippen LogP contribution < -0.4 is 4.74 Å². The standard InChI is InChI=1S/C27H30F3NO3/c1-17-5-8-24(27(28,29)30)20(9-17)14-31-15-26(16-31)12-22(13-26)34-21-4-2-3-19(10-21)23(11-25(32)33)18-6-7-18/h2-5,8-10,18,22-23H,6-7,11-16H2,1H3,(H,32,33)/t23-/m0/s1. The molecule has 3 fully saturated rings. The van der Waals surface area contributed by atoms with Crippen molar-refractivity contribution in [2.24, 2.45) is 11.3 Å². The van der Waals surface area contributed by atoms with Crippen molar-refractivity contribution >= 4 is 5.97 Å². The van der Waals surface area contributed by atoms with E-state index in [-0.39, 0.29) is 23.9 Å². The van der Waals surface area contributed by atoms with Crippen molar-refractivity contribution in [1.82, 2.24) is 4.90 Å². The van der Waals surface area contributed by atoms with E-state index >= 15 is 0 Å². The van der Waals surface area contributed by atoms with Crippen molar-refractivity contribution in [1.29, 1.82) is 0 Å². The zero-order chi connectivity index (χ0) is 24.1. The summed E-state index contributed by atoms with van der Waals surface area (Å²) in [5, 5.41) is 9.27. The van der Waals surface area contributed by atoms with Gasteiger partial charge in [-0.05, 0) is 73.8 Å². The lowest BCUT2D eigenvalue weighted by Crippen LogP contribution is -2.64. The van der Waals surface area contributed by atoms with Crippen LogP contribution in [-0.2, 0) is 17.5 Å². The smallest absolute Gasteiger partial charge is 0.416 e. The number of nitrogens with zero attached hydrogens (tertiary/aromatic N) is 1. The largest absolute Gasteiger partial charge is 0.490 e. The number of hydrogen-bond donors (Lipinski definition) is 1. The molecule has 1 N–H and O–H groups in total. The van der Waals surface area contributed by atoms with E-state index in [0.717, 1.165) is 55.6 Å². The van der Waals surface area contributed by atoms with E-state index < -0.39 is 17.7 Å². The minimum atomic E-state index is -4.33. The van der Waals surface area contributed by atoms with E-state index in [4.69, 9.17) is 4.74 Å². The summed E-state index contributed by atoms with van der Waals surface area (Å²) in [5.41, 5.74) is 1.82. The van der Waals surface area contributed by atoms with Gasteiger partial charge in [-0.25, -0.2) is 0 Å². The second-order valence-corrected chi connectivity index (χ2v) is 10.6. The fourth-order valence-electron chi connectivity index (χ4n) is 5.89. The average molecular weight is 474 g/mol. The van der Waals surface area contributed by atoms with Gasteiger partial charge in [0.05, 0.1) is 18.1 Å². The Labute approximate surface area is 197 Å². The maximum Gasteiger partial charge on any atom is 0.416 e. The van der Waals surface area contributed by atoms with Crippen molar-refractivity contribution < 1.29 is 27.8 Å². The number of aliphatic carboxylic acids is 1. The Bertz CT molecular complexity index is 1070. The predicted molar refractivity (Wildman–Crippen MR) is 122 cm³/mol. The Balaban J connectivity index is 1.15. The van der Waals surface area contributed by atoms with Gasteiger partial charge >= 0.3 is 12.1 Å². The van der Waals surface area contributed by atoms with Gasteiger partial charge < -0.3 is 9.84 Å². The number of carbonyl (C=O) groups is 1. The maximum atomic E-state index is 13.4. The van der Waals surface area contributed by atoms with Gasteiger partial charge in [0.2, 0.25) is 0 Å². The molecule has 182 valence electrons. The Hall–Kier alpha value is -2.54. The molecular weight excluding hydrogens is 443 g/mol. The van der Waals surface area contributed by atoms with E-state index in [2.05, 4.69) is 4.90 Å². The second-order valence-electron chi connectivity index (χ2n) is 10.6. The first-order valence-corrected chi connectivity index (χ1v) is 12.0. The fraction of sp³-hybridized carbons (Fsp3) is 0.519. The zero-order valence-electron chi connectivity index (χ0n) is 19.3. The van der Waals surface area contributed by atoms with Gasteiger partial charge in [-0.15, -0.1) is 0 Å². The van der Waals surface area contributed by atoms with Gasteiger partial charge in [-0.3, -0.25) is 9.69 Å². The van der Waals surface area contributed by atoms with Gasteiger partial charge in [0, 0.05) is 25.0 Å². The highest BCUT2D eigenvalue weighted by molar-refractivity contribution is 5.68. The lowest BCUT2D eigenvalue weighted by atomic mass is 9.61. The Morgan fingerprint density at radius 1 is 1.18 bits per heavy atom. The monoisotopic (exact) mass is 473 g/mol. The topological polar surface area (TPSA) is 49.8 Å². The minimum Gasteiger partial charge on any atom is -0.490 e. The normalized spacial score (nSPS) is 21.1. The number of rotatable bonds is 8. The van der Waals surface area contributed by atoms with Gasteiger partial charge in [0.15, 0.2) is 0 Å². The molecular formula is C27H30F3NO3. The molecule has 7 heteroatoms. The molecule has 5 rings (SSSR count). The van der Waals surface area contributed by atoms with Gasteiger partial charge in [-0.2, -0.15) is 13.2 Å². The van der Waals surface area contributed by atoms with Crippen LogP contribution in [0.25, 0.3) is 0 Å². The number of carboxylic acid groups (broad SMARTS) is 1. The molecule has 0 amide bonds. The van der Waals surface area contributed by atoms with Gasteiger partial charge in [0.1, 0.15) is 5.75 Å². The van der Waals surface area contributed by atoms with Crippen molar-refractivity contribution in [3.63, 3.8) is 0 Å². The molecule has 1 spiro atoms. The number of hydrogen-bond acceptors (Lipinski definition) is 3. The van der Waals surface area contributed by atoms with Gasteiger partial charge in [0.25, 0.3) is 0 Å². The predicted octanol–water partition coefficient (Wildman–Crippen LogP) is 6.03. The Morgan fingerprint density at radius 2 is 1.91 bits per heavy atom. The van der Waals surface area contributed by atoms with E-state index in [1.807, 2.05) is 31.2 Å². The molecule has 4 nitrogen and oxygen atoms in total. The highest BCUT2D eigenvalue weighted by atomic mass is 19.4. The summed E-state index contributed by atoms with van der Waals surface area (Å²) in [6.45, 7) is 3.72. The van der Waals surface area contributed by atoms with Crippen LogP contribution in [-0.4, -0.2) is 35.2 Å². The lowest BCUT2D eigenvalue weighted by Gasteiger charge is -2.58. The van der Waals surface area contributed by atoms with Crippen molar-refractivity contribution in [3.05, 3.63) is 64.7 Å². The molecule has 0 unspecified atom stereocenters. The number of alkyl halides is 3. The van der Waals surface area contributed by atoms with E-state index in [1.54, 1.807) is 6.07 Å². The summed E-state index contributed by atoms with van der Waals surface area (Å²) in [4.78, 5) is 13.4. The third kappa shape index (κ3) is 4.95. The molecule has 1 atom stereocenters. The van der Waals surface area contributed by atoms with E-state index in [9.17, 15) is 23.1 Å². The average Bonchev–Trinajstić information content (AvgIpc) is 3.53. The molecule has 34 heavy (non-hydrogen) atoms. The first kappa shape index (κ1) is 23.2. The van der Waals surface area contributed by atoms with Crippen LogP contribution in [0.5, 0.6) is 5.75 Å². The first-order chi connectivity index (χ1) is 16.1. The zero-order valence-corrected chi connectivity index (χ0v) is 19.3. The molecule has 2 aromatic carbocycles. The van der Waals surface area contributed by atoms with Crippen LogP contribution in [0.2, 0.25) is 0 Å². The molecule has 0 radical (unpaired) electrons. The summed E-state index contributed by atoms with van der Waals surface area (Å²) in [5.74, 6) is 0.494. The third-order valence-electron chi connectivity index (χ3n) is 7.57. The van der Waals surface area contributed by atoms with Crippen molar-refractivity contribution in [2.75, 3.05) is 13.1 Å². The molecule has 1 saturated heterocycles. The summed E-state index contributed by atoms with van der Waals surface area (Å²) in [7, 11) is 0. The highest BCUT2D eigenvalue weighted by Crippen LogP contribution is 2.51. The highest BCUT2D eigenvalue weighted by Gasteiger charge is 2.53. The number of ether oxygens (including phenoxy) is 1. The Morgan fingerprint density at radius 3 is 2.56 bits per heavy atom.